The smallest absolute Gasteiger partial charge is 0.182 e. The number of nitrogens with one attached hydrogen (secondary N) is 1. The quantitative estimate of drug-likeness (QED) is 0.873. The molecule has 0 fully saturated rings. The van der Waals surface area contributed by atoms with Crippen LogP contribution in [0.5, 0.6) is 0 Å². The van der Waals surface area contributed by atoms with Crippen LogP contribution in [0.1, 0.15) is 22.3 Å². The summed E-state index contributed by atoms with van der Waals surface area (Å²) in [6, 6.07) is 4.50. The van der Waals surface area contributed by atoms with Crippen molar-refractivity contribution >= 4 is 16.5 Å². The Hall–Kier alpha value is -1.35. The lowest BCUT2D eigenvalue weighted by Gasteiger charge is -2.10. The maximum absolute atomic E-state index is 4.21. The minimum absolute atomic E-state index is 0.848. The number of hydrogen-bond donors (Lipinski definition) is 1. The first kappa shape index (κ1) is 11.1. The Kier molecular flexibility index (Phi) is 3.25. The van der Waals surface area contributed by atoms with Crippen LogP contribution in [0.4, 0.5) is 5.13 Å². The normalized spacial score (nSPS) is 10.4. The lowest BCUT2D eigenvalue weighted by Crippen LogP contribution is -2.02. The van der Waals surface area contributed by atoms with E-state index in [1.807, 2.05) is 11.6 Å². The minimum Gasteiger partial charge on any atom is -0.357 e. The van der Waals surface area contributed by atoms with Crippen molar-refractivity contribution in [3.8, 4) is 0 Å². The summed E-state index contributed by atoms with van der Waals surface area (Å²) < 4.78 is 0. The maximum Gasteiger partial charge on any atom is 0.182 e. The third-order valence-electron chi connectivity index (χ3n) is 2.81. The molecule has 0 spiro atoms. The zero-order chi connectivity index (χ0) is 11.5. The van der Waals surface area contributed by atoms with Gasteiger partial charge in [0, 0.05) is 18.1 Å². The Morgan fingerprint density at radius 1 is 1.12 bits per heavy atom. The Morgan fingerprint density at radius 3 is 2.56 bits per heavy atom. The number of hydrogen-bond acceptors (Lipinski definition) is 3. The van der Waals surface area contributed by atoms with Crippen LogP contribution in [0.3, 0.4) is 0 Å². The number of benzene rings is 1. The number of aromatic nitrogens is 1. The Balaban J connectivity index is 2.12. The van der Waals surface area contributed by atoms with E-state index in [0.717, 1.165) is 11.7 Å². The predicted octanol–water partition coefficient (Wildman–Crippen LogP) is 3.68. The molecule has 2 nitrogen and oxygen atoms in total. The van der Waals surface area contributed by atoms with Crippen LogP contribution in [0.15, 0.2) is 23.7 Å². The van der Waals surface area contributed by atoms with Crippen molar-refractivity contribution in [1.82, 2.24) is 4.98 Å². The molecule has 2 aromatic rings. The lowest BCUT2D eigenvalue weighted by molar-refractivity contribution is 1.09. The molecule has 0 saturated heterocycles. The topological polar surface area (TPSA) is 24.9 Å². The first-order valence-electron chi connectivity index (χ1n) is 5.37. The Bertz CT molecular complexity index is 475. The third-order valence-corrected chi connectivity index (χ3v) is 3.55. The molecule has 0 aliphatic carbocycles. The van der Waals surface area contributed by atoms with Gasteiger partial charge in [0.25, 0.3) is 0 Å². The number of aryl methyl sites for hydroxylation is 3. The lowest BCUT2D eigenvalue weighted by atomic mass is 10.0. The van der Waals surface area contributed by atoms with Crippen molar-refractivity contribution in [2.45, 2.75) is 27.3 Å². The van der Waals surface area contributed by atoms with Gasteiger partial charge in [-0.15, -0.1) is 11.3 Å². The molecule has 0 unspecified atom stereocenters. The van der Waals surface area contributed by atoms with E-state index < -0.39 is 0 Å². The van der Waals surface area contributed by atoms with Gasteiger partial charge in [0.15, 0.2) is 5.13 Å². The second kappa shape index (κ2) is 4.66. The zero-order valence-corrected chi connectivity index (χ0v) is 10.7. The second-order valence-electron chi connectivity index (χ2n) is 4.05. The molecule has 2 rings (SSSR count). The van der Waals surface area contributed by atoms with E-state index in [1.54, 1.807) is 11.3 Å². The van der Waals surface area contributed by atoms with Gasteiger partial charge in [0.05, 0.1) is 0 Å². The summed E-state index contributed by atoms with van der Waals surface area (Å²) in [7, 11) is 0. The average molecular weight is 232 g/mol. The standard InChI is InChI=1S/C13H16N2S/c1-9-6-11(3)12(7-10(9)2)8-15-13-14-4-5-16-13/h4-7H,8H2,1-3H3,(H,14,15). The summed E-state index contributed by atoms with van der Waals surface area (Å²) in [5, 5.41) is 6.30. The van der Waals surface area contributed by atoms with E-state index in [9.17, 15) is 0 Å². The summed E-state index contributed by atoms with van der Waals surface area (Å²) in [6.45, 7) is 7.31. The maximum atomic E-state index is 4.21. The van der Waals surface area contributed by atoms with Crippen molar-refractivity contribution in [2.24, 2.45) is 0 Å². The summed E-state index contributed by atoms with van der Waals surface area (Å²) in [5.74, 6) is 0. The molecule has 0 atom stereocenters. The van der Waals surface area contributed by atoms with Crippen LogP contribution in [-0.4, -0.2) is 4.98 Å². The highest BCUT2D eigenvalue weighted by molar-refractivity contribution is 7.13. The molecule has 84 valence electrons. The number of anilines is 1. The van der Waals surface area contributed by atoms with Gasteiger partial charge in [0.1, 0.15) is 0 Å². The van der Waals surface area contributed by atoms with Gasteiger partial charge in [-0.05, 0) is 43.0 Å². The molecule has 0 saturated carbocycles. The molecular weight excluding hydrogens is 216 g/mol. The highest BCUT2D eigenvalue weighted by Gasteiger charge is 2.02. The van der Waals surface area contributed by atoms with Gasteiger partial charge < -0.3 is 5.32 Å². The van der Waals surface area contributed by atoms with Gasteiger partial charge in [-0.2, -0.15) is 0 Å². The number of nitrogens with zero attached hydrogens (tertiary/aromatic N) is 1. The molecule has 0 amide bonds. The van der Waals surface area contributed by atoms with Gasteiger partial charge in [-0.3, -0.25) is 0 Å². The van der Waals surface area contributed by atoms with E-state index in [2.05, 4.69) is 43.2 Å². The van der Waals surface area contributed by atoms with Crippen LogP contribution in [0.25, 0.3) is 0 Å². The molecular formula is C13H16N2S. The fourth-order valence-electron chi connectivity index (χ4n) is 1.69. The highest BCUT2D eigenvalue weighted by Crippen LogP contribution is 2.17. The number of thiazole rings is 1. The molecule has 1 heterocycles. The Morgan fingerprint density at radius 2 is 1.88 bits per heavy atom. The Labute approximate surface area is 100 Å². The SMILES string of the molecule is Cc1cc(C)c(CNc2nccs2)cc1C. The van der Waals surface area contributed by atoms with Crippen molar-refractivity contribution in [2.75, 3.05) is 5.32 Å². The molecule has 0 radical (unpaired) electrons. The average Bonchev–Trinajstić information content (AvgIpc) is 2.74. The molecule has 3 heteroatoms. The molecule has 0 bridgehead atoms. The molecule has 0 aliphatic rings. The summed E-state index contributed by atoms with van der Waals surface area (Å²) in [4.78, 5) is 4.21. The predicted molar refractivity (Wildman–Crippen MR) is 70.1 cm³/mol. The van der Waals surface area contributed by atoms with Crippen LogP contribution >= 0.6 is 11.3 Å². The first-order valence-corrected chi connectivity index (χ1v) is 6.25. The second-order valence-corrected chi connectivity index (χ2v) is 4.95. The van der Waals surface area contributed by atoms with Crippen molar-refractivity contribution < 1.29 is 0 Å². The van der Waals surface area contributed by atoms with E-state index >= 15 is 0 Å². The molecule has 0 aliphatic heterocycles. The van der Waals surface area contributed by atoms with Crippen molar-refractivity contribution in [3.63, 3.8) is 0 Å². The van der Waals surface area contributed by atoms with E-state index in [1.165, 1.54) is 22.3 Å². The van der Waals surface area contributed by atoms with Crippen LogP contribution < -0.4 is 5.32 Å². The zero-order valence-electron chi connectivity index (χ0n) is 9.87. The fourth-order valence-corrected chi connectivity index (χ4v) is 2.22. The monoisotopic (exact) mass is 232 g/mol. The molecule has 1 N–H and O–H groups in total. The summed E-state index contributed by atoms with van der Waals surface area (Å²) in [5.41, 5.74) is 5.39. The molecule has 1 aromatic heterocycles. The van der Waals surface area contributed by atoms with E-state index in [0.29, 0.717) is 0 Å². The first-order chi connectivity index (χ1) is 7.66. The molecule has 16 heavy (non-hydrogen) atoms. The van der Waals surface area contributed by atoms with Gasteiger partial charge >= 0.3 is 0 Å². The largest absolute Gasteiger partial charge is 0.357 e. The highest BCUT2D eigenvalue weighted by atomic mass is 32.1. The van der Waals surface area contributed by atoms with Crippen molar-refractivity contribution in [3.05, 3.63) is 46.0 Å². The van der Waals surface area contributed by atoms with Gasteiger partial charge in [0.2, 0.25) is 0 Å². The van der Waals surface area contributed by atoms with Crippen molar-refractivity contribution in [1.29, 1.82) is 0 Å². The van der Waals surface area contributed by atoms with Crippen LogP contribution in [-0.2, 0) is 6.54 Å². The van der Waals surface area contributed by atoms with Gasteiger partial charge in [-0.1, -0.05) is 12.1 Å². The van der Waals surface area contributed by atoms with Gasteiger partial charge in [-0.25, -0.2) is 4.98 Å². The fraction of sp³-hybridized carbons (Fsp3) is 0.308. The van der Waals surface area contributed by atoms with Crippen LogP contribution in [0.2, 0.25) is 0 Å². The third kappa shape index (κ3) is 2.42. The van der Waals surface area contributed by atoms with E-state index in [-0.39, 0.29) is 0 Å². The number of rotatable bonds is 3. The van der Waals surface area contributed by atoms with Crippen LogP contribution in [0, 0.1) is 20.8 Å². The molecule has 1 aromatic carbocycles. The minimum atomic E-state index is 0.848. The summed E-state index contributed by atoms with van der Waals surface area (Å²) >= 11 is 1.63. The summed E-state index contributed by atoms with van der Waals surface area (Å²) in [6.07, 6.45) is 1.82. The van der Waals surface area contributed by atoms with E-state index in [4.69, 9.17) is 0 Å².